The molecule has 0 aliphatic heterocycles. The highest BCUT2D eigenvalue weighted by atomic mass is 13.8. The van der Waals surface area contributed by atoms with Crippen molar-refractivity contribution >= 4 is 0 Å². The topological polar surface area (TPSA) is 0 Å². The van der Waals surface area contributed by atoms with Gasteiger partial charge in [-0.1, -0.05) is 30.7 Å². The van der Waals surface area contributed by atoms with Crippen LogP contribution >= 0.6 is 0 Å². The van der Waals surface area contributed by atoms with Gasteiger partial charge in [-0.15, -0.1) is 6.42 Å². The molecule has 0 spiro atoms. The molecule has 0 amide bonds. The van der Waals surface area contributed by atoms with Gasteiger partial charge < -0.3 is 0 Å². The maximum atomic E-state index is 5.03. The fourth-order valence-electron chi connectivity index (χ4n) is 0.291. The van der Waals surface area contributed by atoms with Crippen LogP contribution in [0.4, 0.5) is 0 Å². The van der Waals surface area contributed by atoms with Crippen molar-refractivity contribution in [1.29, 1.82) is 0 Å². The maximum Gasteiger partial charge on any atom is 0.0170 e. The highest BCUT2D eigenvalue weighted by Gasteiger charge is 1.76. The summed E-state index contributed by atoms with van der Waals surface area (Å²) in [4.78, 5) is 0. The third kappa shape index (κ3) is 4.64. The largest absolute Gasteiger partial charge is 0.115 e. The molecule has 9 heavy (non-hydrogen) atoms. The minimum atomic E-state index is 0.679. The summed E-state index contributed by atoms with van der Waals surface area (Å²) in [7, 11) is 0. The van der Waals surface area contributed by atoms with Crippen LogP contribution in [0.25, 0.3) is 0 Å². The molecule has 0 saturated heterocycles. The normalized spacial score (nSPS) is 8.89. The lowest BCUT2D eigenvalue weighted by Gasteiger charge is -1.83. The van der Waals surface area contributed by atoms with E-state index in [2.05, 4.69) is 19.1 Å². The molecule has 0 N–H and O–H groups in total. The van der Waals surface area contributed by atoms with Crippen molar-refractivity contribution in [2.45, 2.75) is 6.92 Å². The van der Waals surface area contributed by atoms with Crippen LogP contribution in [-0.2, 0) is 0 Å². The molecule has 0 aromatic rings. The van der Waals surface area contributed by atoms with Crippen LogP contribution in [0, 0.1) is 12.3 Å². The molecule has 0 bridgehead atoms. The van der Waals surface area contributed by atoms with Gasteiger partial charge in [0.25, 0.3) is 0 Å². The Balaban J connectivity index is 3.90. The van der Waals surface area contributed by atoms with Crippen LogP contribution in [0.1, 0.15) is 6.92 Å². The molecule has 0 aromatic carbocycles. The molecule has 0 aliphatic carbocycles. The van der Waals surface area contributed by atoms with Gasteiger partial charge in [-0.25, -0.2) is 0 Å². The molecule has 0 rings (SSSR count). The lowest BCUT2D eigenvalue weighted by molar-refractivity contribution is 1.55. The van der Waals surface area contributed by atoms with Gasteiger partial charge in [0.2, 0.25) is 0 Å². The van der Waals surface area contributed by atoms with Crippen LogP contribution in [0.2, 0.25) is 0 Å². The minimum absolute atomic E-state index is 0.679. The maximum absolute atomic E-state index is 5.03. The zero-order chi connectivity index (χ0) is 7.28. The SMILES string of the molecule is C#CC(=C)/C=C\C(=C)C. The van der Waals surface area contributed by atoms with Crippen molar-refractivity contribution in [3.05, 3.63) is 36.5 Å². The number of hydrogen-bond acceptors (Lipinski definition) is 0. The van der Waals surface area contributed by atoms with Gasteiger partial charge in [0.05, 0.1) is 0 Å². The molecule has 0 aliphatic rings. The monoisotopic (exact) mass is 118 g/mol. The number of hydrogen-bond donors (Lipinski definition) is 0. The van der Waals surface area contributed by atoms with E-state index in [0.717, 1.165) is 5.57 Å². The Hall–Kier alpha value is -1.22. The summed E-state index contributed by atoms with van der Waals surface area (Å²) in [5, 5.41) is 0. The molecule has 0 radical (unpaired) electrons. The summed E-state index contributed by atoms with van der Waals surface area (Å²) in [5.41, 5.74) is 1.66. The van der Waals surface area contributed by atoms with E-state index in [1.54, 1.807) is 6.08 Å². The first-order valence-electron chi connectivity index (χ1n) is 2.66. The second-order valence-electron chi connectivity index (χ2n) is 1.85. The first-order chi connectivity index (χ1) is 4.16. The zero-order valence-electron chi connectivity index (χ0n) is 5.65. The lowest BCUT2D eigenvalue weighted by Crippen LogP contribution is -1.66. The third-order valence-electron chi connectivity index (χ3n) is 0.754. The van der Waals surface area contributed by atoms with Gasteiger partial charge in [0.1, 0.15) is 0 Å². The Labute approximate surface area is 56.6 Å². The quantitative estimate of drug-likeness (QED) is 0.385. The van der Waals surface area contributed by atoms with Crippen molar-refractivity contribution in [1.82, 2.24) is 0 Å². The molecule has 0 heteroatoms. The van der Waals surface area contributed by atoms with Crippen molar-refractivity contribution < 1.29 is 0 Å². The second kappa shape index (κ2) is 3.74. The summed E-state index contributed by atoms with van der Waals surface area (Å²) in [6, 6.07) is 0. The molecule has 0 fully saturated rings. The average molecular weight is 118 g/mol. The predicted molar refractivity (Wildman–Crippen MR) is 41.9 cm³/mol. The Morgan fingerprint density at radius 2 is 2.00 bits per heavy atom. The summed E-state index contributed by atoms with van der Waals surface area (Å²) >= 11 is 0. The molecule has 0 saturated carbocycles. The van der Waals surface area contributed by atoms with Crippen LogP contribution in [0.15, 0.2) is 36.5 Å². The van der Waals surface area contributed by atoms with E-state index in [4.69, 9.17) is 6.42 Å². The molecule has 0 unspecified atom stereocenters. The number of terminal acetylenes is 1. The van der Waals surface area contributed by atoms with Crippen LogP contribution in [-0.4, -0.2) is 0 Å². The standard InChI is InChI=1S/C9H10/c1-5-9(4)7-6-8(2)3/h1,6-7H,2,4H2,3H3/b7-6-. The van der Waals surface area contributed by atoms with Gasteiger partial charge in [-0.3, -0.25) is 0 Å². The van der Waals surface area contributed by atoms with Crippen LogP contribution in [0.3, 0.4) is 0 Å². The first kappa shape index (κ1) is 7.78. The lowest BCUT2D eigenvalue weighted by atomic mass is 10.2. The predicted octanol–water partition coefficient (Wildman–Crippen LogP) is 2.31. The van der Waals surface area contributed by atoms with Gasteiger partial charge in [-0.2, -0.15) is 0 Å². The number of rotatable bonds is 2. The fourth-order valence-corrected chi connectivity index (χ4v) is 0.291. The number of allylic oxidation sites excluding steroid dienone is 4. The summed E-state index contributed by atoms with van der Waals surface area (Å²) < 4.78 is 0. The Kier molecular flexibility index (Phi) is 3.23. The Morgan fingerprint density at radius 1 is 1.44 bits per heavy atom. The average Bonchev–Trinajstić information content (AvgIpc) is 1.83. The fraction of sp³-hybridized carbons (Fsp3) is 0.111. The van der Waals surface area contributed by atoms with E-state index in [1.165, 1.54) is 0 Å². The van der Waals surface area contributed by atoms with Crippen molar-refractivity contribution in [3.63, 3.8) is 0 Å². The molecule has 0 atom stereocenters. The summed E-state index contributed by atoms with van der Waals surface area (Å²) in [6.07, 6.45) is 8.63. The van der Waals surface area contributed by atoms with Gasteiger partial charge in [0, 0.05) is 5.57 Å². The summed E-state index contributed by atoms with van der Waals surface area (Å²) in [5.74, 6) is 2.40. The highest BCUT2D eigenvalue weighted by Crippen LogP contribution is 1.94. The molecular weight excluding hydrogens is 108 g/mol. The van der Waals surface area contributed by atoms with E-state index in [9.17, 15) is 0 Å². The van der Waals surface area contributed by atoms with Crippen LogP contribution < -0.4 is 0 Å². The van der Waals surface area contributed by atoms with E-state index in [0.29, 0.717) is 5.57 Å². The smallest absolute Gasteiger partial charge is 0.0170 e. The van der Waals surface area contributed by atoms with Crippen LogP contribution in [0.5, 0.6) is 0 Å². The van der Waals surface area contributed by atoms with E-state index in [1.807, 2.05) is 13.0 Å². The van der Waals surface area contributed by atoms with Gasteiger partial charge in [-0.05, 0) is 13.0 Å². The molecule has 0 heterocycles. The second-order valence-corrected chi connectivity index (χ2v) is 1.85. The van der Waals surface area contributed by atoms with Gasteiger partial charge in [0.15, 0.2) is 0 Å². The Morgan fingerprint density at radius 3 is 2.33 bits per heavy atom. The van der Waals surface area contributed by atoms with Crippen molar-refractivity contribution in [2.24, 2.45) is 0 Å². The minimum Gasteiger partial charge on any atom is -0.115 e. The van der Waals surface area contributed by atoms with E-state index >= 15 is 0 Å². The van der Waals surface area contributed by atoms with E-state index in [-0.39, 0.29) is 0 Å². The molecule has 46 valence electrons. The zero-order valence-corrected chi connectivity index (χ0v) is 5.65. The van der Waals surface area contributed by atoms with Gasteiger partial charge >= 0.3 is 0 Å². The van der Waals surface area contributed by atoms with E-state index < -0.39 is 0 Å². The molecular formula is C9H10. The summed E-state index contributed by atoms with van der Waals surface area (Å²) in [6.45, 7) is 9.15. The Bertz CT molecular complexity index is 187. The molecule has 0 nitrogen and oxygen atoms in total. The molecule has 0 aromatic heterocycles. The van der Waals surface area contributed by atoms with Crippen molar-refractivity contribution in [3.8, 4) is 12.3 Å². The van der Waals surface area contributed by atoms with Crippen molar-refractivity contribution in [2.75, 3.05) is 0 Å². The third-order valence-corrected chi connectivity index (χ3v) is 0.754. The highest BCUT2D eigenvalue weighted by molar-refractivity contribution is 5.35. The first-order valence-corrected chi connectivity index (χ1v) is 2.66.